The Bertz CT molecular complexity index is 1250. The fourth-order valence-electron chi connectivity index (χ4n) is 8.44. The minimum Gasteiger partial charge on any atom is -0.462 e. The molecule has 0 saturated carbocycles. The Balaban J connectivity index is 4.39. The zero-order chi connectivity index (χ0) is 50.0. The van der Waals surface area contributed by atoms with E-state index in [-0.39, 0.29) is 31.1 Å². The third-order valence-electron chi connectivity index (χ3n) is 13.0. The molecule has 0 radical (unpaired) electrons. The molecule has 0 amide bonds. The van der Waals surface area contributed by atoms with Crippen LogP contribution < -0.4 is 0 Å². The van der Waals surface area contributed by atoms with Crippen molar-refractivity contribution < 1.29 is 28.6 Å². The van der Waals surface area contributed by atoms with Gasteiger partial charge in [0.05, 0.1) is 0 Å². The summed E-state index contributed by atoms with van der Waals surface area (Å²) in [5.41, 5.74) is 0. The second-order valence-electron chi connectivity index (χ2n) is 19.9. The Labute approximate surface area is 428 Å². The first-order valence-corrected chi connectivity index (χ1v) is 29.8. The molecule has 0 saturated heterocycles. The van der Waals surface area contributed by atoms with Crippen molar-refractivity contribution in [3.8, 4) is 0 Å². The average molecular weight is 966 g/mol. The van der Waals surface area contributed by atoms with E-state index in [1.54, 1.807) is 0 Å². The van der Waals surface area contributed by atoms with Crippen LogP contribution in [-0.2, 0) is 28.6 Å². The largest absolute Gasteiger partial charge is 0.462 e. The van der Waals surface area contributed by atoms with Crippen LogP contribution in [0.2, 0.25) is 0 Å². The van der Waals surface area contributed by atoms with Gasteiger partial charge in [-0.15, -0.1) is 0 Å². The highest BCUT2D eigenvalue weighted by Crippen LogP contribution is 2.15. The first kappa shape index (κ1) is 66.1. The monoisotopic (exact) mass is 965 g/mol. The highest BCUT2D eigenvalue weighted by molar-refractivity contribution is 5.71. The van der Waals surface area contributed by atoms with Crippen molar-refractivity contribution in [2.24, 2.45) is 0 Å². The lowest BCUT2D eigenvalue weighted by atomic mass is 10.1. The molecular formula is C63H112O6. The number of esters is 3. The normalized spacial score (nSPS) is 12.4. The molecule has 6 heteroatoms. The SMILES string of the molecule is CCCCCCC/C=C\C/C=C\C/C=C\CCCCCCCCC(=O)OCC(COC(=O)CCCCCCC/C=C\CCCCCCC)OC(=O)CCCCCCC/C=C\CCCCCCCCC. The van der Waals surface area contributed by atoms with E-state index in [2.05, 4.69) is 81.5 Å². The Kier molecular flexibility index (Phi) is 55.3. The lowest BCUT2D eigenvalue weighted by molar-refractivity contribution is -0.167. The fourth-order valence-corrected chi connectivity index (χ4v) is 8.44. The molecule has 0 fully saturated rings. The zero-order valence-corrected chi connectivity index (χ0v) is 45.8. The standard InChI is InChI=1S/C63H112O6/c1-4-7-10-13-16-19-22-25-28-30-31-32-33-34-36-38-41-44-47-50-53-56-62(65)68-59-60(58-67-61(64)55-52-49-46-43-40-37-27-24-21-18-15-12-9-6-3)69-63(66)57-54-51-48-45-42-39-35-29-26-23-20-17-14-11-8-5-2/h22,24-25,27,29-31,33-35,60H,4-21,23,26,28,32,36-59H2,1-3H3/b25-22-,27-24-,31-30-,34-33-,35-29-. The van der Waals surface area contributed by atoms with Gasteiger partial charge in [0, 0.05) is 19.3 Å². The number of allylic oxidation sites excluding steroid dienone is 10. The van der Waals surface area contributed by atoms with Crippen molar-refractivity contribution in [1.82, 2.24) is 0 Å². The molecule has 0 spiro atoms. The van der Waals surface area contributed by atoms with Gasteiger partial charge in [-0.05, 0) is 109 Å². The lowest BCUT2D eigenvalue weighted by Gasteiger charge is -2.18. The third kappa shape index (κ3) is 55.9. The number of ether oxygens (including phenoxy) is 3. The van der Waals surface area contributed by atoms with E-state index < -0.39 is 6.10 Å². The van der Waals surface area contributed by atoms with E-state index in [1.165, 1.54) is 167 Å². The van der Waals surface area contributed by atoms with Crippen molar-refractivity contribution in [2.45, 2.75) is 309 Å². The first-order valence-electron chi connectivity index (χ1n) is 29.8. The minimum atomic E-state index is -0.787. The van der Waals surface area contributed by atoms with E-state index >= 15 is 0 Å². The van der Waals surface area contributed by atoms with Crippen molar-refractivity contribution in [3.63, 3.8) is 0 Å². The molecule has 0 N–H and O–H groups in total. The Hall–Kier alpha value is -2.89. The predicted octanol–water partition coefficient (Wildman–Crippen LogP) is 20.0. The van der Waals surface area contributed by atoms with Gasteiger partial charge < -0.3 is 14.2 Å². The van der Waals surface area contributed by atoms with Gasteiger partial charge in [-0.2, -0.15) is 0 Å². The Morgan fingerprint density at radius 1 is 0.290 bits per heavy atom. The molecule has 6 nitrogen and oxygen atoms in total. The summed E-state index contributed by atoms with van der Waals surface area (Å²) < 4.78 is 16.9. The number of carbonyl (C=O) groups excluding carboxylic acids is 3. The van der Waals surface area contributed by atoms with Crippen LogP contribution in [0.15, 0.2) is 60.8 Å². The van der Waals surface area contributed by atoms with Gasteiger partial charge in [0.1, 0.15) is 13.2 Å². The molecule has 0 bridgehead atoms. The summed E-state index contributed by atoms with van der Waals surface area (Å²) in [7, 11) is 0. The molecule has 0 heterocycles. The zero-order valence-electron chi connectivity index (χ0n) is 45.8. The second kappa shape index (κ2) is 57.7. The van der Waals surface area contributed by atoms with Gasteiger partial charge in [-0.1, -0.05) is 236 Å². The molecule has 0 rings (SSSR count). The summed E-state index contributed by atoms with van der Waals surface area (Å²) >= 11 is 0. The van der Waals surface area contributed by atoms with Crippen LogP contribution in [0.25, 0.3) is 0 Å². The van der Waals surface area contributed by atoms with Crippen molar-refractivity contribution in [2.75, 3.05) is 13.2 Å². The molecule has 0 aromatic rings. The smallest absolute Gasteiger partial charge is 0.306 e. The molecule has 69 heavy (non-hydrogen) atoms. The Morgan fingerprint density at radius 3 is 0.826 bits per heavy atom. The van der Waals surface area contributed by atoms with E-state index in [0.29, 0.717) is 19.3 Å². The van der Waals surface area contributed by atoms with Gasteiger partial charge >= 0.3 is 17.9 Å². The van der Waals surface area contributed by atoms with Crippen LogP contribution in [0.4, 0.5) is 0 Å². The van der Waals surface area contributed by atoms with Crippen LogP contribution in [0.1, 0.15) is 303 Å². The quantitative estimate of drug-likeness (QED) is 0.0262. The number of rotatable bonds is 54. The minimum absolute atomic E-state index is 0.0852. The molecule has 400 valence electrons. The summed E-state index contributed by atoms with van der Waals surface area (Å²) in [5.74, 6) is -0.903. The Morgan fingerprint density at radius 2 is 0.522 bits per heavy atom. The topological polar surface area (TPSA) is 78.9 Å². The fraction of sp³-hybridized carbons (Fsp3) is 0.794. The van der Waals surface area contributed by atoms with Gasteiger partial charge in [-0.3, -0.25) is 14.4 Å². The maximum atomic E-state index is 12.9. The van der Waals surface area contributed by atoms with Crippen molar-refractivity contribution >= 4 is 17.9 Å². The van der Waals surface area contributed by atoms with Crippen LogP contribution >= 0.6 is 0 Å². The molecule has 1 unspecified atom stereocenters. The number of hydrogen-bond acceptors (Lipinski definition) is 6. The number of hydrogen-bond donors (Lipinski definition) is 0. The van der Waals surface area contributed by atoms with Crippen LogP contribution in [-0.4, -0.2) is 37.2 Å². The van der Waals surface area contributed by atoms with Gasteiger partial charge in [0.15, 0.2) is 6.10 Å². The average Bonchev–Trinajstić information content (AvgIpc) is 3.35. The van der Waals surface area contributed by atoms with Crippen LogP contribution in [0.3, 0.4) is 0 Å². The van der Waals surface area contributed by atoms with Gasteiger partial charge in [0.2, 0.25) is 0 Å². The summed E-state index contributed by atoms with van der Waals surface area (Å²) in [4.78, 5) is 38.2. The molecule has 0 aliphatic rings. The van der Waals surface area contributed by atoms with Gasteiger partial charge in [-0.25, -0.2) is 0 Å². The number of carbonyl (C=O) groups is 3. The van der Waals surface area contributed by atoms with E-state index in [9.17, 15) is 14.4 Å². The second-order valence-corrected chi connectivity index (χ2v) is 19.9. The highest BCUT2D eigenvalue weighted by Gasteiger charge is 2.19. The summed E-state index contributed by atoms with van der Waals surface area (Å²) in [6, 6.07) is 0. The summed E-state index contributed by atoms with van der Waals surface area (Å²) in [6.07, 6.45) is 72.1. The van der Waals surface area contributed by atoms with E-state index in [1.807, 2.05) is 0 Å². The lowest BCUT2D eigenvalue weighted by Crippen LogP contribution is -2.30. The third-order valence-corrected chi connectivity index (χ3v) is 13.0. The maximum absolute atomic E-state index is 12.9. The molecule has 0 aliphatic carbocycles. The molecule has 0 aromatic heterocycles. The van der Waals surface area contributed by atoms with Crippen molar-refractivity contribution in [1.29, 1.82) is 0 Å². The summed E-state index contributed by atoms with van der Waals surface area (Å²) in [5, 5.41) is 0. The van der Waals surface area contributed by atoms with Crippen LogP contribution in [0.5, 0.6) is 0 Å². The van der Waals surface area contributed by atoms with Crippen molar-refractivity contribution in [3.05, 3.63) is 60.8 Å². The predicted molar refractivity (Wildman–Crippen MR) is 298 cm³/mol. The first-order chi connectivity index (χ1) is 34.0. The van der Waals surface area contributed by atoms with E-state index in [4.69, 9.17) is 14.2 Å². The summed E-state index contributed by atoms with van der Waals surface area (Å²) in [6.45, 7) is 6.62. The maximum Gasteiger partial charge on any atom is 0.306 e. The highest BCUT2D eigenvalue weighted by atomic mass is 16.6. The molecule has 0 aromatic carbocycles. The van der Waals surface area contributed by atoms with Crippen LogP contribution in [0, 0.1) is 0 Å². The van der Waals surface area contributed by atoms with E-state index in [0.717, 1.165) is 96.3 Å². The molecule has 0 aliphatic heterocycles. The number of unbranched alkanes of at least 4 members (excludes halogenated alkanes) is 33. The molecular weight excluding hydrogens is 853 g/mol. The molecule has 1 atom stereocenters. The van der Waals surface area contributed by atoms with Gasteiger partial charge in [0.25, 0.3) is 0 Å².